The number of hydrogen-bond donors (Lipinski definition) is 2. The van der Waals surface area contributed by atoms with E-state index in [-0.39, 0.29) is 5.91 Å². The van der Waals surface area contributed by atoms with Gasteiger partial charge in [-0.25, -0.2) is 0 Å². The molecule has 1 aliphatic carbocycles. The van der Waals surface area contributed by atoms with Gasteiger partial charge in [-0.2, -0.15) is 0 Å². The van der Waals surface area contributed by atoms with Gasteiger partial charge in [-0.15, -0.1) is 0 Å². The quantitative estimate of drug-likeness (QED) is 0.836. The minimum absolute atomic E-state index is 0.0231. The molecule has 2 unspecified atom stereocenters. The molecule has 0 heterocycles. The van der Waals surface area contributed by atoms with Crippen molar-refractivity contribution in [3.8, 4) is 0 Å². The molecule has 2 rings (SSSR count). The third-order valence-corrected chi connectivity index (χ3v) is 4.47. The van der Waals surface area contributed by atoms with Gasteiger partial charge in [0.05, 0.1) is 0 Å². The van der Waals surface area contributed by atoms with Crippen molar-refractivity contribution in [3.05, 3.63) is 27.7 Å². The molecular weight excluding hydrogens is 304 g/mol. The lowest BCUT2D eigenvalue weighted by atomic mass is 10.0. The molecule has 1 saturated carbocycles. The second kappa shape index (κ2) is 5.95. The first-order chi connectivity index (χ1) is 8.97. The van der Waals surface area contributed by atoms with Crippen LogP contribution in [0.25, 0.3) is 0 Å². The molecule has 1 amide bonds. The molecular formula is C15H21BrN2O. The summed E-state index contributed by atoms with van der Waals surface area (Å²) >= 11 is 3.38. The van der Waals surface area contributed by atoms with Crippen LogP contribution in [0.5, 0.6) is 0 Å². The minimum Gasteiger partial charge on any atom is -0.398 e. The largest absolute Gasteiger partial charge is 0.398 e. The molecule has 2 atom stereocenters. The highest BCUT2D eigenvalue weighted by Crippen LogP contribution is 2.29. The van der Waals surface area contributed by atoms with Gasteiger partial charge in [-0.1, -0.05) is 29.3 Å². The Hall–Kier alpha value is -1.03. The van der Waals surface area contributed by atoms with E-state index in [0.717, 1.165) is 22.5 Å². The van der Waals surface area contributed by atoms with Gasteiger partial charge in [-0.3, -0.25) is 4.79 Å². The monoisotopic (exact) mass is 324 g/mol. The number of nitrogens with two attached hydrogens (primary N) is 1. The maximum Gasteiger partial charge on any atom is 0.251 e. The number of rotatable bonds is 3. The van der Waals surface area contributed by atoms with Crippen molar-refractivity contribution in [2.75, 3.05) is 12.3 Å². The number of carbonyl (C=O) groups excluding carboxylic acids is 1. The summed E-state index contributed by atoms with van der Waals surface area (Å²) < 4.78 is 0.843. The highest BCUT2D eigenvalue weighted by molar-refractivity contribution is 9.10. The minimum atomic E-state index is -0.0231. The van der Waals surface area contributed by atoms with Gasteiger partial charge < -0.3 is 11.1 Å². The molecule has 0 aliphatic heterocycles. The first-order valence-electron chi connectivity index (χ1n) is 6.81. The SMILES string of the molecule is Cc1c(N)cc(Br)cc1C(=O)NCC1CCC(C)C1. The highest BCUT2D eigenvalue weighted by Gasteiger charge is 2.22. The zero-order chi connectivity index (χ0) is 14.0. The van der Waals surface area contributed by atoms with E-state index in [9.17, 15) is 4.79 Å². The lowest BCUT2D eigenvalue weighted by molar-refractivity contribution is 0.0946. The van der Waals surface area contributed by atoms with E-state index in [2.05, 4.69) is 28.2 Å². The normalized spacial score (nSPS) is 22.5. The van der Waals surface area contributed by atoms with E-state index in [1.807, 2.05) is 19.1 Å². The molecule has 0 aromatic heterocycles. The lowest BCUT2D eigenvalue weighted by Crippen LogP contribution is -2.29. The van der Waals surface area contributed by atoms with Crippen LogP contribution in [0, 0.1) is 18.8 Å². The van der Waals surface area contributed by atoms with E-state index < -0.39 is 0 Å². The summed E-state index contributed by atoms with van der Waals surface area (Å²) in [5.41, 5.74) is 8.05. The lowest BCUT2D eigenvalue weighted by Gasteiger charge is -2.13. The van der Waals surface area contributed by atoms with Crippen molar-refractivity contribution in [2.24, 2.45) is 11.8 Å². The zero-order valence-corrected chi connectivity index (χ0v) is 13.1. The van der Waals surface area contributed by atoms with Gasteiger partial charge in [0.2, 0.25) is 0 Å². The fourth-order valence-electron chi connectivity index (χ4n) is 2.78. The predicted octanol–water partition coefficient (Wildman–Crippen LogP) is 3.51. The highest BCUT2D eigenvalue weighted by atomic mass is 79.9. The van der Waals surface area contributed by atoms with Crippen molar-refractivity contribution >= 4 is 27.5 Å². The number of halogens is 1. The van der Waals surface area contributed by atoms with Gasteiger partial charge >= 0.3 is 0 Å². The van der Waals surface area contributed by atoms with Crippen molar-refractivity contribution in [3.63, 3.8) is 0 Å². The number of amides is 1. The molecule has 0 bridgehead atoms. The Labute approximate surface area is 123 Å². The van der Waals surface area contributed by atoms with Crippen LogP contribution in [-0.2, 0) is 0 Å². The number of anilines is 1. The summed E-state index contributed by atoms with van der Waals surface area (Å²) in [5, 5.41) is 3.04. The average Bonchev–Trinajstić information content (AvgIpc) is 2.76. The van der Waals surface area contributed by atoms with Gasteiger partial charge in [-0.05, 0) is 49.3 Å². The number of hydrogen-bond acceptors (Lipinski definition) is 2. The Morgan fingerprint density at radius 2 is 2.21 bits per heavy atom. The average molecular weight is 325 g/mol. The molecule has 0 spiro atoms. The number of benzene rings is 1. The van der Waals surface area contributed by atoms with E-state index in [1.165, 1.54) is 19.3 Å². The Kier molecular flexibility index (Phi) is 4.50. The van der Waals surface area contributed by atoms with Gasteiger partial charge in [0, 0.05) is 22.3 Å². The topological polar surface area (TPSA) is 55.1 Å². The van der Waals surface area contributed by atoms with Gasteiger partial charge in [0.25, 0.3) is 5.91 Å². The number of nitrogens with one attached hydrogen (secondary N) is 1. The molecule has 0 saturated heterocycles. The second-order valence-electron chi connectivity index (χ2n) is 5.66. The summed E-state index contributed by atoms with van der Waals surface area (Å²) in [5.74, 6) is 1.40. The Bertz CT molecular complexity index is 487. The molecule has 0 radical (unpaired) electrons. The first-order valence-corrected chi connectivity index (χ1v) is 7.60. The third kappa shape index (κ3) is 3.50. The smallest absolute Gasteiger partial charge is 0.251 e. The second-order valence-corrected chi connectivity index (χ2v) is 6.58. The van der Waals surface area contributed by atoms with E-state index in [0.29, 0.717) is 17.2 Å². The maximum absolute atomic E-state index is 12.2. The van der Waals surface area contributed by atoms with Crippen LogP contribution < -0.4 is 11.1 Å². The van der Waals surface area contributed by atoms with Crippen molar-refractivity contribution in [1.29, 1.82) is 0 Å². The summed E-state index contributed by atoms with van der Waals surface area (Å²) in [6, 6.07) is 3.66. The van der Waals surface area contributed by atoms with E-state index in [4.69, 9.17) is 5.73 Å². The van der Waals surface area contributed by atoms with Crippen LogP contribution in [0.4, 0.5) is 5.69 Å². The zero-order valence-electron chi connectivity index (χ0n) is 11.5. The van der Waals surface area contributed by atoms with Crippen LogP contribution in [0.3, 0.4) is 0 Å². The third-order valence-electron chi connectivity index (χ3n) is 4.01. The van der Waals surface area contributed by atoms with Gasteiger partial charge in [0.1, 0.15) is 0 Å². The molecule has 3 N–H and O–H groups in total. The molecule has 3 nitrogen and oxygen atoms in total. The van der Waals surface area contributed by atoms with Crippen molar-refractivity contribution in [1.82, 2.24) is 5.32 Å². The molecule has 4 heteroatoms. The van der Waals surface area contributed by atoms with Crippen LogP contribution in [0.15, 0.2) is 16.6 Å². The summed E-state index contributed by atoms with van der Waals surface area (Å²) in [6.45, 7) is 4.93. The van der Waals surface area contributed by atoms with Crippen LogP contribution in [0.2, 0.25) is 0 Å². The van der Waals surface area contributed by atoms with Crippen LogP contribution in [-0.4, -0.2) is 12.5 Å². The standard InChI is InChI=1S/C15H21BrN2O/c1-9-3-4-11(5-9)8-18-15(19)13-6-12(16)7-14(17)10(13)2/h6-7,9,11H,3-5,8,17H2,1-2H3,(H,18,19). The van der Waals surface area contributed by atoms with Crippen molar-refractivity contribution < 1.29 is 4.79 Å². The number of nitrogen functional groups attached to an aromatic ring is 1. The van der Waals surface area contributed by atoms with Crippen molar-refractivity contribution in [2.45, 2.75) is 33.1 Å². The maximum atomic E-state index is 12.2. The van der Waals surface area contributed by atoms with Crippen LogP contribution >= 0.6 is 15.9 Å². The van der Waals surface area contributed by atoms with Gasteiger partial charge in [0.15, 0.2) is 0 Å². The summed E-state index contributed by atoms with van der Waals surface area (Å²) in [7, 11) is 0. The molecule has 1 aromatic rings. The fourth-order valence-corrected chi connectivity index (χ4v) is 3.25. The fraction of sp³-hybridized carbons (Fsp3) is 0.533. The van der Waals surface area contributed by atoms with Crippen LogP contribution in [0.1, 0.15) is 42.1 Å². The molecule has 104 valence electrons. The summed E-state index contributed by atoms with van der Waals surface area (Å²) in [4.78, 5) is 12.2. The number of carbonyl (C=O) groups is 1. The van der Waals surface area contributed by atoms with E-state index >= 15 is 0 Å². The molecule has 1 fully saturated rings. The molecule has 1 aromatic carbocycles. The van der Waals surface area contributed by atoms with E-state index in [1.54, 1.807) is 0 Å². The Morgan fingerprint density at radius 3 is 2.84 bits per heavy atom. The first kappa shape index (κ1) is 14.4. The molecule has 19 heavy (non-hydrogen) atoms. The predicted molar refractivity (Wildman–Crippen MR) is 82.1 cm³/mol. The Balaban J connectivity index is 2.00. The molecule has 1 aliphatic rings. The summed E-state index contributed by atoms with van der Waals surface area (Å²) in [6.07, 6.45) is 3.73. The Morgan fingerprint density at radius 1 is 1.47 bits per heavy atom.